The van der Waals surface area contributed by atoms with Gasteiger partial charge in [0, 0.05) is 5.02 Å². The van der Waals surface area contributed by atoms with Gasteiger partial charge in [-0.2, -0.15) is 11.3 Å². The Morgan fingerprint density at radius 1 is 1.21 bits per heavy atom. The van der Waals surface area contributed by atoms with Gasteiger partial charge in [-0.25, -0.2) is 0 Å². The lowest BCUT2D eigenvalue weighted by molar-refractivity contribution is -0.141. The predicted molar refractivity (Wildman–Crippen MR) is 78.9 cm³/mol. The van der Waals surface area contributed by atoms with Crippen LogP contribution in [-0.4, -0.2) is 11.1 Å². The van der Waals surface area contributed by atoms with Crippen LogP contribution in [0.15, 0.2) is 41.1 Å². The van der Waals surface area contributed by atoms with Gasteiger partial charge >= 0.3 is 5.97 Å². The Morgan fingerprint density at radius 2 is 1.95 bits per heavy atom. The lowest BCUT2D eigenvalue weighted by atomic mass is 9.93. The molecule has 2 rings (SSSR count). The SMILES string of the molecule is O=C(O)C(CCc1ccsc1)Cc1ccc(Cl)cc1. The zero-order chi connectivity index (χ0) is 13.7. The van der Waals surface area contributed by atoms with Gasteiger partial charge in [-0.15, -0.1) is 0 Å². The maximum Gasteiger partial charge on any atom is 0.306 e. The molecule has 0 bridgehead atoms. The maximum atomic E-state index is 11.3. The standard InChI is InChI=1S/C15H15ClO2S/c16-14-5-2-11(3-6-14)9-13(15(17)18)4-1-12-7-8-19-10-12/h2-3,5-8,10,13H,1,4,9H2,(H,17,18). The summed E-state index contributed by atoms with van der Waals surface area (Å²) in [6, 6.07) is 9.43. The minimum absolute atomic E-state index is 0.346. The smallest absolute Gasteiger partial charge is 0.306 e. The van der Waals surface area contributed by atoms with E-state index >= 15 is 0 Å². The predicted octanol–water partition coefficient (Wildman–Crippen LogP) is 4.28. The number of carbonyl (C=O) groups is 1. The molecule has 1 atom stereocenters. The van der Waals surface area contributed by atoms with Gasteiger partial charge in [-0.3, -0.25) is 4.79 Å². The topological polar surface area (TPSA) is 37.3 Å². The Kier molecular flexibility index (Phi) is 5.00. The molecule has 0 radical (unpaired) electrons. The second-order valence-electron chi connectivity index (χ2n) is 4.54. The van der Waals surface area contributed by atoms with Gasteiger partial charge in [-0.1, -0.05) is 23.7 Å². The second kappa shape index (κ2) is 6.73. The maximum absolute atomic E-state index is 11.3. The summed E-state index contributed by atoms with van der Waals surface area (Å²) < 4.78 is 0. The molecule has 4 heteroatoms. The molecule has 1 aromatic heterocycles. The first-order valence-corrected chi connectivity index (χ1v) is 7.45. The number of aliphatic carboxylic acids is 1. The molecule has 0 fully saturated rings. The van der Waals surface area contributed by atoms with Crippen LogP contribution in [0.3, 0.4) is 0 Å². The van der Waals surface area contributed by atoms with Crippen LogP contribution in [0.5, 0.6) is 0 Å². The summed E-state index contributed by atoms with van der Waals surface area (Å²) in [4.78, 5) is 11.3. The van der Waals surface area contributed by atoms with Crippen molar-refractivity contribution in [3.05, 3.63) is 57.2 Å². The zero-order valence-corrected chi connectivity index (χ0v) is 12.0. The molecule has 2 nitrogen and oxygen atoms in total. The average Bonchev–Trinajstić information content (AvgIpc) is 2.89. The summed E-state index contributed by atoms with van der Waals surface area (Å²) in [6.07, 6.45) is 2.03. The van der Waals surface area contributed by atoms with Crippen LogP contribution in [0.1, 0.15) is 17.5 Å². The minimum atomic E-state index is -0.731. The van der Waals surface area contributed by atoms with E-state index in [-0.39, 0.29) is 5.92 Å². The van der Waals surface area contributed by atoms with E-state index in [0.717, 1.165) is 12.0 Å². The normalized spacial score (nSPS) is 12.3. The highest BCUT2D eigenvalue weighted by Gasteiger charge is 2.17. The molecule has 1 unspecified atom stereocenters. The highest BCUT2D eigenvalue weighted by molar-refractivity contribution is 7.07. The molecule has 19 heavy (non-hydrogen) atoms. The minimum Gasteiger partial charge on any atom is -0.481 e. The molecule has 0 aliphatic rings. The second-order valence-corrected chi connectivity index (χ2v) is 5.75. The van der Waals surface area contributed by atoms with E-state index in [1.54, 1.807) is 23.5 Å². The zero-order valence-electron chi connectivity index (χ0n) is 10.4. The Morgan fingerprint density at radius 3 is 2.53 bits per heavy atom. The van der Waals surface area contributed by atoms with Crippen molar-refractivity contribution < 1.29 is 9.90 Å². The third-order valence-electron chi connectivity index (χ3n) is 3.11. The number of rotatable bonds is 6. The first-order valence-electron chi connectivity index (χ1n) is 6.13. The number of thiophene rings is 1. The van der Waals surface area contributed by atoms with Gasteiger partial charge in [0.15, 0.2) is 0 Å². The highest BCUT2D eigenvalue weighted by Crippen LogP contribution is 2.19. The molecule has 2 aromatic rings. The van der Waals surface area contributed by atoms with Crippen molar-refractivity contribution in [2.75, 3.05) is 0 Å². The van der Waals surface area contributed by atoms with Gasteiger partial charge < -0.3 is 5.11 Å². The van der Waals surface area contributed by atoms with Gasteiger partial charge in [0.2, 0.25) is 0 Å². The summed E-state index contributed by atoms with van der Waals surface area (Å²) in [5, 5.41) is 14.1. The number of aryl methyl sites for hydroxylation is 1. The van der Waals surface area contributed by atoms with Gasteiger partial charge in [-0.05, 0) is 59.3 Å². The van der Waals surface area contributed by atoms with Crippen molar-refractivity contribution in [3.8, 4) is 0 Å². The van der Waals surface area contributed by atoms with E-state index < -0.39 is 5.97 Å². The fraction of sp³-hybridized carbons (Fsp3) is 0.267. The monoisotopic (exact) mass is 294 g/mol. The lowest BCUT2D eigenvalue weighted by Crippen LogP contribution is -2.17. The highest BCUT2D eigenvalue weighted by atomic mass is 35.5. The number of hydrogen-bond acceptors (Lipinski definition) is 2. The third-order valence-corrected chi connectivity index (χ3v) is 4.09. The fourth-order valence-electron chi connectivity index (χ4n) is 1.99. The van der Waals surface area contributed by atoms with Crippen LogP contribution in [0.2, 0.25) is 5.02 Å². The largest absolute Gasteiger partial charge is 0.481 e. The number of halogens is 1. The molecule has 0 aliphatic heterocycles. The molecule has 0 saturated heterocycles. The number of benzene rings is 1. The molecule has 0 saturated carbocycles. The van der Waals surface area contributed by atoms with E-state index in [1.165, 1.54) is 5.56 Å². The fourth-order valence-corrected chi connectivity index (χ4v) is 2.82. The van der Waals surface area contributed by atoms with Crippen molar-refractivity contribution in [3.63, 3.8) is 0 Å². The summed E-state index contributed by atoms with van der Waals surface area (Å²) in [5.41, 5.74) is 2.23. The first kappa shape index (κ1) is 14.1. The summed E-state index contributed by atoms with van der Waals surface area (Å²) in [7, 11) is 0. The molecular weight excluding hydrogens is 280 g/mol. The summed E-state index contributed by atoms with van der Waals surface area (Å²) in [6.45, 7) is 0. The van der Waals surface area contributed by atoms with E-state index in [2.05, 4.69) is 5.38 Å². The van der Waals surface area contributed by atoms with Crippen LogP contribution in [0.25, 0.3) is 0 Å². The molecular formula is C15H15ClO2S. The number of hydrogen-bond donors (Lipinski definition) is 1. The Balaban J connectivity index is 1.96. The van der Waals surface area contributed by atoms with E-state index in [1.807, 2.05) is 23.6 Å². The number of carboxylic acids is 1. The van der Waals surface area contributed by atoms with Crippen molar-refractivity contribution >= 4 is 28.9 Å². The van der Waals surface area contributed by atoms with Crippen molar-refractivity contribution in [1.29, 1.82) is 0 Å². The van der Waals surface area contributed by atoms with Gasteiger partial charge in [0.1, 0.15) is 0 Å². The summed E-state index contributed by atoms with van der Waals surface area (Å²) in [5.74, 6) is -1.08. The van der Waals surface area contributed by atoms with E-state index in [0.29, 0.717) is 17.9 Å². The molecule has 0 amide bonds. The van der Waals surface area contributed by atoms with Crippen molar-refractivity contribution in [2.45, 2.75) is 19.3 Å². The van der Waals surface area contributed by atoms with Crippen LogP contribution in [0, 0.1) is 5.92 Å². The molecule has 0 aliphatic carbocycles. The van der Waals surface area contributed by atoms with Gasteiger partial charge in [0.05, 0.1) is 5.92 Å². The third kappa shape index (κ3) is 4.37. The van der Waals surface area contributed by atoms with Crippen LogP contribution >= 0.6 is 22.9 Å². The number of carboxylic acid groups (broad SMARTS) is 1. The Hall–Kier alpha value is -1.32. The molecule has 1 aromatic carbocycles. The van der Waals surface area contributed by atoms with E-state index in [4.69, 9.17) is 11.6 Å². The van der Waals surface area contributed by atoms with Crippen LogP contribution < -0.4 is 0 Å². The van der Waals surface area contributed by atoms with Crippen LogP contribution in [0.4, 0.5) is 0 Å². The van der Waals surface area contributed by atoms with E-state index in [9.17, 15) is 9.90 Å². The quantitative estimate of drug-likeness (QED) is 0.863. The molecule has 1 heterocycles. The van der Waals surface area contributed by atoms with Crippen molar-refractivity contribution in [1.82, 2.24) is 0 Å². The van der Waals surface area contributed by atoms with Crippen LogP contribution in [-0.2, 0) is 17.6 Å². The Labute approximate surface area is 121 Å². The molecule has 100 valence electrons. The lowest BCUT2D eigenvalue weighted by Gasteiger charge is -2.12. The Bertz CT molecular complexity index is 520. The first-order chi connectivity index (χ1) is 9.15. The van der Waals surface area contributed by atoms with Crippen molar-refractivity contribution in [2.24, 2.45) is 5.92 Å². The molecule has 0 spiro atoms. The average molecular weight is 295 g/mol. The molecule has 1 N–H and O–H groups in total. The summed E-state index contributed by atoms with van der Waals surface area (Å²) >= 11 is 7.47. The van der Waals surface area contributed by atoms with Gasteiger partial charge in [0.25, 0.3) is 0 Å².